The number of benzene rings is 1. The molecule has 1 aromatic carbocycles. The van der Waals surface area contributed by atoms with Crippen molar-refractivity contribution in [3.05, 3.63) is 40.6 Å². The molecule has 0 aliphatic carbocycles. The van der Waals surface area contributed by atoms with Gasteiger partial charge in [-0.1, -0.05) is 6.07 Å². The molecule has 20 heavy (non-hydrogen) atoms. The summed E-state index contributed by atoms with van der Waals surface area (Å²) in [6, 6.07) is 7.02. The second kappa shape index (κ2) is 5.42. The molecule has 0 saturated carbocycles. The summed E-state index contributed by atoms with van der Waals surface area (Å²) in [5.41, 5.74) is 0.376. The van der Waals surface area contributed by atoms with E-state index in [-0.39, 0.29) is 5.69 Å². The van der Waals surface area contributed by atoms with Crippen molar-refractivity contribution in [3.8, 4) is 5.75 Å². The van der Waals surface area contributed by atoms with Gasteiger partial charge in [0.25, 0.3) is 5.69 Å². The molecular formula is C14H15N3O3. The first-order valence-electron chi connectivity index (χ1n) is 6.64. The van der Waals surface area contributed by atoms with Gasteiger partial charge in [-0.15, -0.1) is 0 Å². The van der Waals surface area contributed by atoms with Gasteiger partial charge in [0.2, 0.25) is 0 Å². The van der Waals surface area contributed by atoms with Crippen LogP contribution in [0.2, 0.25) is 0 Å². The van der Waals surface area contributed by atoms with Gasteiger partial charge >= 0.3 is 0 Å². The number of pyridine rings is 1. The van der Waals surface area contributed by atoms with E-state index < -0.39 is 4.92 Å². The summed E-state index contributed by atoms with van der Waals surface area (Å²) in [5.74, 6) is 0.646. The van der Waals surface area contributed by atoms with E-state index in [0.29, 0.717) is 29.3 Å². The zero-order valence-electron chi connectivity index (χ0n) is 10.9. The normalized spacial score (nSPS) is 18.3. The first kappa shape index (κ1) is 12.8. The molecule has 104 valence electrons. The van der Waals surface area contributed by atoms with E-state index in [2.05, 4.69) is 10.3 Å². The highest BCUT2D eigenvalue weighted by atomic mass is 16.6. The summed E-state index contributed by atoms with van der Waals surface area (Å²) in [6.07, 6.45) is 3.81. The van der Waals surface area contributed by atoms with Crippen LogP contribution in [0.1, 0.15) is 12.8 Å². The fraction of sp³-hybridized carbons (Fsp3) is 0.357. The predicted molar refractivity (Wildman–Crippen MR) is 74.9 cm³/mol. The highest BCUT2D eigenvalue weighted by Gasteiger charge is 2.17. The number of para-hydroxylation sites is 1. The third kappa shape index (κ3) is 2.42. The van der Waals surface area contributed by atoms with Crippen LogP contribution in [0.15, 0.2) is 30.5 Å². The molecule has 6 heteroatoms. The molecule has 6 nitrogen and oxygen atoms in total. The lowest BCUT2D eigenvalue weighted by atomic mass is 10.2. The molecule has 0 amide bonds. The molecule has 1 atom stereocenters. The number of nitrogens with one attached hydrogen (secondary N) is 1. The molecule has 1 aromatic heterocycles. The minimum absolute atomic E-state index is 0.00643. The SMILES string of the molecule is O=[N+]([O-])c1cccc2c(OCC3CCCN3)ccnc12. The number of hydrogen-bond donors (Lipinski definition) is 1. The van der Waals surface area contributed by atoms with Crippen molar-refractivity contribution in [2.45, 2.75) is 18.9 Å². The van der Waals surface area contributed by atoms with E-state index in [1.54, 1.807) is 24.4 Å². The maximum absolute atomic E-state index is 11.0. The second-order valence-electron chi connectivity index (χ2n) is 4.84. The van der Waals surface area contributed by atoms with Crippen molar-refractivity contribution < 1.29 is 9.66 Å². The number of nitro groups is 1. The number of nitro benzene ring substituents is 1. The van der Waals surface area contributed by atoms with Crippen LogP contribution in [-0.2, 0) is 0 Å². The van der Waals surface area contributed by atoms with Crippen molar-refractivity contribution in [3.63, 3.8) is 0 Å². The number of ether oxygens (including phenoxy) is 1. The minimum Gasteiger partial charge on any atom is -0.491 e. The average molecular weight is 273 g/mol. The van der Waals surface area contributed by atoms with Crippen LogP contribution in [0.25, 0.3) is 10.9 Å². The molecule has 2 aromatic rings. The van der Waals surface area contributed by atoms with Gasteiger partial charge in [0.1, 0.15) is 12.4 Å². The Balaban J connectivity index is 1.90. The average Bonchev–Trinajstić information content (AvgIpc) is 2.97. The Bertz CT molecular complexity index is 639. The number of hydrogen-bond acceptors (Lipinski definition) is 5. The van der Waals surface area contributed by atoms with Gasteiger partial charge in [0.05, 0.1) is 4.92 Å². The third-order valence-electron chi connectivity index (χ3n) is 3.51. The van der Waals surface area contributed by atoms with Crippen molar-refractivity contribution in [1.82, 2.24) is 10.3 Å². The molecule has 1 unspecified atom stereocenters. The Morgan fingerprint density at radius 1 is 1.45 bits per heavy atom. The van der Waals surface area contributed by atoms with Gasteiger partial charge in [0.15, 0.2) is 5.52 Å². The Hall–Kier alpha value is -2.21. The third-order valence-corrected chi connectivity index (χ3v) is 3.51. The van der Waals surface area contributed by atoms with Crippen LogP contribution in [-0.4, -0.2) is 29.1 Å². The van der Waals surface area contributed by atoms with E-state index in [4.69, 9.17) is 4.74 Å². The molecule has 1 aliphatic heterocycles. The Kier molecular flexibility index (Phi) is 3.47. The van der Waals surface area contributed by atoms with E-state index >= 15 is 0 Å². The van der Waals surface area contributed by atoms with Gasteiger partial charge in [-0.3, -0.25) is 10.1 Å². The highest BCUT2D eigenvalue weighted by Crippen LogP contribution is 2.30. The van der Waals surface area contributed by atoms with Crippen LogP contribution in [0.5, 0.6) is 5.75 Å². The fourth-order valence-corrected chi connectivity index (χ4v) is 2.50. The van der Waals surface area contributed by atoms with E-state index in [0.717, 1.165) is 19.4 Å². The van der Waals surface area contributed by atoms with Crippen molar-refractivity contribution >= 4 is 16.6 Å². The lowest BCUT2D eigenvalue weighted by Crippen LogP contribution is -2.28. The van der Waals surface area contributed by atoms with Crippen LogP contribution < -0.4 is 10.1 Å². The molecule has 1 aliphatic rings. The monoisotopic (exact) mass is 273 g/mol. The van der Waals surface area contributed by atoms with Gasteiger partial charge in [-0.05, 0) is 31.5 Å². The van der Waals surface area contributed by atoms with Crippen molar-refractivity contribution in [2.75, 3.05) is 13.2 Å². The lowest BCUT2D eigenvalue weighted by Gasteiger charge is -2.13. The number of nitrogens with zero attached hydrogens (tertiary/aromatic N) is 2. The molecule has 2 heterocycles. The van der Waals surface area contributed by atoms with Crippen LogP contribution in [0, 0.1) is 10.1 Å². The summed E-state index contributed by atoms with van der Waals surface area (Å²) in [5, 5.41) is 15.0. The largest absolute Gasteiger partial charge is 0.491 e. The van der Waals surface area contributed by atoms with Crippen molar-refractivity contribution in [1.29, 1.82) is 0 Å². The predicted octanol–water partition coefficient (Wildman–Crippen LogP) is 2.27. The second-order valence-corrected chi connectivity index (χ2v) is 4.84. The summed E-state index contributed by atoms with van der Waals surface area (Å²) < 4.78 is 5.81. The topological polar surface area (TPSA) is 77.3 Å². The van der Waals surface area contributed by atoms with Crippen LogP contribution >= 0.6 is 0 Å². The van der Waals surface area contributed by atoms with E-state index in [1.807, 2.05) is 0 Å². The zero-order valence-corrected chi connectivity index (χ0v) is 10.9. The summed E-state index contributed by atoms with van der Waals surface area (Å²) in [7, 11) is 0. The smallest absolute Gasteiger partial charge is 0.295 e. The zero-order chi connectivity index (χ0) is 13.9. The molecule has 0 bridgehead atoms. The lowest BCUT2D eigenvalue weighted by molar-refractivity contribution is -0.383. The molecule has 0 spiro atoms. The first-order chi connectivity index (χ1) is 9.75. The van der Waals surface area contributed by atoms with Gasteiger partial charge in [-0.25, -0.2) is 4.98 Å². The van der Waals surface area contributed by atoms with Gasteiger partial charge in [0, 0.05) is 23.7 Å². The maximum Gasteiger partial charge on any atom is 0.295 e. The number of non-ortho nitro benzene ring substituents is 1. The molecular weight excluding hydrogens is 258 g/mol. The molecule has 1 N–H and O–H groups in total. The Morgan fingerprint density at radius 2 is 2.35 bits per heavy atom. The van der Waals surface area contributed by atoms with Crippen LogP contribution in [0.3, 0.4) is 0 Å². The standard InChI is InChI=1S/C14H15N3O3/c18-17(19)12-5-1-4-11-13(6-8-16-14(11)12)20-9-10-3-2-7-15-10/h1,4-6,8,10,15H,2-3,7,9H2. The molecule has 1 saturated heterocycles. The van der Waals surface area contributed by atoms with Crippen LogP contribution in [0.4, 0.5) is 5.69 Å². The van der Waals surface area contributed by atoms with Gasteiger partial charge < -0.3 is 10.1 Å². The molecule has 3 rings (SSSR count). The fourth-order valence-electron chi connectivity index (χ4n) is 2.50. The van der Waals surface area contributed by atoms with Gasteiger partial charge in [-0.2, -0.15) is 0 Å². The number of fused-ring (bicyclic) bond motifs is 1. The minimum atomic E-state index is -0.419. The van der Waals surface area contributed by atoms with E-state index in [1.165, 1.54) is 6.07 Å². The summed E-state index contributed by atoms with van der Waals surface area (Å²) in [4.78, 5) is 14.7. The number of rotatable bonds is 4. The van der Waals surface area contributed by atoms with E-state index in [9.17, 15) is 10.1 Å². The maximum atomic E-state index is 11.0. The Morgan fingerprint density at radius 3 is 3.10 bits per heavy atom. The Labute approximate surface area is 115 Å². The first-order valence-corrected chi connectivity index (χ1v) is 6.64. The highest BCUT2D eigenvalue weighted by molar-refractivity contribution is 5.91. The number of aromatic nitrogens is 1. The molecule has 0 radical (unpaired) electrons. The summed E-state index contributed by atoms with van der Waals surface area (Å²) in [6.45, 7) is 1.60. The summed E-state index contributed by atoms with van der Waals surface area (Å²) >= 11 is 0. The van der Waals surface area contributed by atoms with Crippen molar-refractivity contribution in [2.24, 2.45) is 0 Å². The molecule has 1 fully saturated rings. The quantitative estimate of drug-likeness (QED) is 0.683.